The molecule has 2 aromatic carbocycles. The monoisotopic (exact) mass is 494 g/mol. The number of carbonyl (C=O) groups is 2. The van der Waals surface area contributed by atoms with Crippen molar-refractivity contribution in [3.63, 3.8) is 0 Å². The van der Waals surface area contributed by atoms with Crippen LogP contribution in [0.3, 0.4) is 0 Å². The molecule has 192 valence electrons. The molecule has 2 fully saturated rings. The van der Waals surface area contributed by atoms with Gasteiger partial charge in [0.05, 0.1) is 38.5 Å². The summed E-state index contributed by atoms with van der Waals surface area (Å²) in [7, 11) is 1.57. The second-order valence-corrected chi connectivity index (χ2v) is 8.95. The maximum atomic E-state index is 13.2. The summed E-state index contributed by atoms with van der Waals surface area (Å²) < 4.78 is 16.4. The van der Waals surface area contributed by atoms with Gasteiger partial charge in [-0.15, -0.1) is 0 Å². The van der Waals surface area contributed by atoms with Gasteiger partial charge in [-0.3, -0.25) is 14.5 Å². The van der Waals surface area contributed by atoms with Crippen LogP contribution in [0.5, 0.6) is 11.5 Å². The highest BCUT2D eigenvalue weighted by Crippen LogP contribution is 2.40. The largest absolute Gasteiger partial charge is 0.507 e. The van der Waals surface area contributed by atoms with Crippen LogP contribution in [-0.4, -0.2) is 79.7 Å². The molecule has 8 nitrogen and oxygen atoms in total. The Kier molecular flexibility index (Phi) is 8.61. The SMILES string of the molecule is CCCOc1ccc(C(O)=C2C(=O)C(=O)N(CCCN3CCOCC3)[C@H]2c2cccc(OC)c2)cc1. The average molecular weight is 495 g/mol. The highest BCUT2D eigenvalue weighted by Gasteiger charge is 2.46. The third-order valence-corrected chi connectivity index (χ3v) is 6.53. The standard InChI is InChI=1S/C28H34N2O6/c1-3-16-36-22-10-8-20(9-11-22)26(31)24-25(21-6-4-7-23(19-21)34-2)30(28(33)27(24)32)13-5-12-29-14-17-35-18-15-29/h4,6-11,19,25,31H,3,5,12-18H2,1-2H3/t25-/m0/s1. The van der Waals surface area contributed by atoms with Crippen molar-refractivity contribution in [1.29, 1.82) is 0 Å². The number of amides is 1. The number of hydrogen-bond donors (Lipinski definition) is 1. The van der Waals surface area contributed by atoms with Crippen LogP contribution >= 0.6 is 0 Å². The van der Waals surface area contributed by atoms with Gasteiger partial charge in [-0.05, 0) is 54.8 Å². The number of hydrogen-bond acceptors (Lipinski definition) is 7. The summed E-state index contributed by atoms with van der Waals surface area (Å²) in [5, 5.41) is 11.3. The van der Waals surface area contributed by atoms with E-state index in [2.05, 4.69) is 4.90 Å². The molecule has 8 heteroatoms. The quantitative estimate of drug-likeness (QED) is 0.307. The van der Waals surface area contributed by atoms with Crippen LogP contribution in [0, 0.1) is 0 Å². The van der Waals surface area contributed by atoms with Crippen molar-refractivity contribution in [1.82, 2.24) is 9.80 Å². The molecule has 2 aromatic rings. The number of aliphatic hydroxyl groups excluding tert-OH is 1. The predicted octanol–water partition coefficient (Wildman–Crippen LogP) is 3.63. The van der Waals surface area contributed by atoms with Crippen molar-refractivity contribution in [3.8, 4) is 11.5 Å². The first-order chi connectivity index (χ1) is 17.5. The first-order valence-corrected chi connectivity index (χ1v) is 12.5. The Morgan fingerprint density at radius 1 is 1.06 bits per heavy atom. The van der Waals surface area contributed by atoms with E-state index in [0.29, 0.717) is 55.4 Å². The van der Waals surface area contributed by atoms with Crippen molar-refractivity contribution >= 4 is 17.4 Å². The zero-order valence-corrected chi connectivity index (χ0v) is 20.9. The molecule has 2 aliphatic rings. The minimum absolute atomic E-state index is 0.0850. The van der Waals surface area contributed by atoms with Gasteiger partial charge in [-0.25, -0.2) is 0 Å². The molecule has 1 amide bonds. The molecular weight excluding hydrogens is 460 g/mol. The van der Waals surface area contributed by atoms with Gasteiger partial charge in [0.1, 0.15) is 17.3 Å². The van der Waals surface area contributed by atoms with Gasteiger partial charge in [0.15, 0.2) is 0 Å². The van der Waals surface area contributed by atoms with Crippen LogP contribution in [-0.2, 0) is 14.3 Å². The van der Waals surface area contributed by atoms with Crippen molar-refractivity contribution in [3.05, 3.63) is 65.2 Å². The van der Waals surface area contributed by atoms with Gasteiger partial charge < -0.3 is 24.2 Å². The summed E-state index contributed by atoms with van der Waals surface area (Å²) in [5.74, 6) is -0.184. The normalized spacial score (nSPS) is 20.1. The Labute approximate surface area is 212 Å². The van der Waals surface area contributed by atoms with E-state index in [9.17, 15) is 14.7 Å². The summed E-state index contributed by atoms with van der Waals surface area (Å²) >= 11 is 0. The van der Waals surface area contributed by atoms with Crippen molar-refractivity contribution in [2.24, 2.45) is 0 Å². The molecule has 2 heterocycles. The highest BCUT2D eigenvalue weighted by molar-refractivity contribution is 6.46. The molecule has 0 radical (unpaired) electrons. The molecule has 2 saturated heterocycles. The number of methoxy groups -OCH3 is 1. The predicted molar refractivity (Wildman–Crippen MR) is 136 cm³/mol. The molecule has 0 bridgehead atoms. The van der Waals surface area contributed by atoms with Crippen molar-refractivity contribution in [2.75, 3.05) is 53.1 Å². The third kappa shape index (κ3) is 5.71. The van der Waals surface area contributed by atoms with Gasteiger partial charge in [0, 0.05) is 31.7 Å². The van der Waals surface area contributed by atoms with E-state index < -0.39 is 17.7 Å². The highest BCUT2D eigenvalue weighted by atomic mass is 16.5. The smallest absolute Gasteiger partial charge is 0.295 e. The topological polar surface area (TPSA) is 88.5 Å². The Balaban J connectivity index is 1.65. The molecule has 0 aromatic heterocycles. The van der Waals surface area contributed by atoms with Crippen LogP contribution < -0.4 is 9.47 Å². The first kappa shape index (κ1) is 25.7. The van der Waals surface area contributed by atoms with E-state index in [1.165, 1.54) is 0 Å². The van der Waals surface area contributed by atoms with E-state index in [-0.39, 0.29) is 11.3 Å². The fraction of sp³-hybridized carbons (Fsp3) is 0.429. The van der Waals surface area contributed by atoms with E-state index in [4.69, 9.17) is 14.2 Å². The lowest BCUT2D eigenvalue weighted by Gasteiger charge is -2.29. The van der Waals surface area contributed by atoms with Gasteiger partial charge in [-0.1, -0.05) is 19.1 Å². The van der Waals surface area contributed by atoms with Gasteiger partial charge in [0.25, 0.3) is 11.7 Å². The van der Waals surface area contributed by atoms with Crippen LogP contribution in [0.1, 0.15) is 36.9 Å². The van der Waals surface area contributed by atoms with Gasteiger partial charge in [0.2, 0.25) is 0 Å². The first-order valence-electron chi connectivity index (χ1n) is 12.5. The molecule has 0 aliphatic carbocycles. The second kappa shape index (κ2) is 12.1. The number of carbonyl (C=O) groups excluding carboxylic acids is 2. The van der Waals surface area contributed by atoms with Gasteiger partial charge in [-0.2, -0.15) is 0 Å². The molecule has 36 heavy (non-hydrogen) atoms. The number of Topliss-reactive ketones (excluding diaryl/α,β-unsaturated/α-hetero) is 1. The Morgan fingerprint density at radius 3 is 2.50 bits per heavy atom. The van der Waals surface area contributed by atoms with Crippen molar-refractivity contribution < 1.29 is 28.9 Å². The Bertz CT molecular complexity index is 1090. The van der Waals surface area contributed by atoms with E-state index in [0.717, 1.165) is 26.1 Å². The fourth-order valence-corrected chi connectivity index (χ4v) is 4.64. The molecular formula is C28H34N2O6. The summed E-state index contributed by atoms with van der Waals surface area (Å²) in [6, 6.07) is 13.5. The molecule has 0 unspecified atom stereocenters. The van der Waals surface area contributed by atoms with Crippen molar-refractivity contribution in [2.45, 2.75) is 25.8 Å². The molecule has 1 N–H and O–H groups in total. The van der Waals surface area contributed by atoms with E-state index in [1.54, 1.807) is 42.3 Å². The second-order valence-electron chi connectivity index (χ2n) is 8.95. The Hall–Kier alpha value is -3.36. The molecule has 0 saturated carbocycles. The maximum Gasteiger partial charge on any atom is 0.295 e. The Morgan fingerprint density at radius 2 is 1.81 bits per heavy atom. The minimum atomic E-state index is -0.708. The lowest BCUT2D eigenvalue weighted by atomic mass is 9.95. The van der Waals surface area contributed by atoms with Crippen LogP contribution in [0.4, 0.5) is 0 Å². The number of morpholine rings is 1. The maximum absolute atomic E-state index is 13.2. The summed E-state index contributed by atoms with van der Waals surface area (Å²) in [5.41, 5.74) is 1.25. The number of rotatable bonds is 10. The summed E-state index contributed by atoms with van der Waals surface area (Å²) in [6.07, 6.45) is 1.59. The third-order valence-electron chi connectivity index (χ3n) is 6.53. The fourth-order valence-electron chi connectivity index (χ4n) is 4.64. The number of nitrogens with zero attached hydrogens (tertiary/aromatic N) is 2. The number of likely N-dealkylation sites (tertiary alicyclic amines) is 1. The lowest BCUT2D eigenvalue weighted by molar-refractivity contribution is -0.140. The molecule has 2 aliphatic heterocycles. The van der Waals surface area contributed by atoms with Crippen LogP contribution in [0.2, 0.25) is 0 Å². The summed E-state index contributed by atoms with van der Waals surface area (Å²) in [6.45, 7) is 6.94. The van der Waals surface area contributed by atoms with Crippen LogP contribution in [0.15, 0.2) is 54.1 Å². The number of ether oxygens (including phenoxy) is 3. The summed E-state index contributed by atoms with van der Waals surface area (Å²) in [4.78, 5) is 30.3. The lowest BCUT2D eigenvalue weighted by Crippen LogP contribution is -2.38. The van der Waals surface area contributed by atoms with Gasteiger partial charge >= 0.3 is 0 Å². The minimum Gasteiger partial charge on any atom is -0.507 e. The number of benzene rings is 2. The average Bonchev–Trinajstić information content (AvgIpc) is 3.17. The molecule has 1 atom stereocenters. The zero-order chi connectivity index (χ0) is 25.5. The zero-order valence-electron chi connectivity index (χ0n) is 20.9. The van der Waals surface area contributed by atoms with E-state index >= 15 is 0 Å². The van der Waals surface area contributed by atoms with Crippen LogP contribution in [0.25, 0.3) is 5.76 Å². The number of ketones is 1. The molecule has 0 spiro atoms. The number of aliphatic hydroxyl groups is 1. The van der Waals surface area contributed by atoms with E-state index in [1.807, 2.05) is 25.1 Å². The molecule has 4 rings (SSSR count).